The number of benzene rings is 3. The van der Waals surface area contributed by atoms with E-state index < -0.39 is 41.9 Å². The Balaban J connectivity index is 1.76. The van der Waals surface area contributed by atoms with Crippen LogP contribution in [0.2, 0.25) is 0 Å². The third-order valence-electron chi connectivity index (χ3n) is 5.09. The fourth-order valence-corrected chi connectivity index (χ4v) is 3.82. The highest BCUT2D eigenvalue weighted by Gasteiger charge is 2.39. The van der Waals surface area contributed by atoms with Crippen LogP contribution in [0.1, 0.15) is 0 Å². The molecule has 0 saturated carbocycles. The molecule has 0 radical (unpaired) electrons. The number of nitrogens with one attached hydrogen (secondary N) is 4. The largest absolute Gasteiger partial charge is 0.462 e. The lowest BCUT2D eigenvalue weighted by atomic mass is 10.3. The predicted octanol–water partition coefficient (Wildman–Crippen LogP) is 7.30. The first-order chi connectivity index (χ1) is 20.5. The van der Waals surface area contributed by atoms with E-state index >= 15 is 0 Å². The van der Waals surface area contributed by atoms with E-state index in [9.17, 15) is 29.8 Å². The molecule has 234 valence electrons. The number of nitrogens with zero attached hydrogens (tertiary/aromatic N) is 2. The molecule has 0 aliphatic carbocycles. The zero-order valence-corrected chi connectivity index (χ0v) is 26.0. The van der Waals surface area contributed by atoms with Crippen LogP contribution in [0.4, 0.5) is 32.3 Å². The van der Waals surface area contributed by atoms with E-state index in [4.69, 9.17) is 79.1 Å². The minimum absolute atomic E-state index is 0.0588. The molecule has 0 bridgehead atoms. The predicted molar refractivity (Wildman–Crippen MR) is 166 cm³/mol. The standard InChI is InChI=1S/C24H18Cl6N6O8/c25-23(26,27)19(33-21(37)31-13-5-3-7-15(11-13)35(39)40)43-17-9-1-2-10-18(17)44-20(24(28,29)30)34-22(38)32-14-6-4-8-16(12-14)36(41)42/h1-12,19-20H,(H2,31,33,37)(H2,32,34,38). The van der Waals surface area contributed by atoms with Crippen molar-refractivity contribution < 1.29 is 28.9 Å². The molecule has 2 unspecified atom stereocenters. The first kappa shape index (κ1) is 34.8. The van der Waals surface area contributed by atoms with E-state index in [1.165, 1.54) is 60.7 Å². The number of hydrogen-bond acceptors (Lipinski definition) is 8. The van der Waals surface area contributed by atoms with Gasteiger partial charge in [0.2, 0.25) is 20.0 Å². The van der Waals surface area contributed by atoms with E-state index in [1.807, 2.05) is 0 Å². The van der Waals surface area contributed by atoms with Gasteiger partial charge in [-0.25, -0.2) is 9.59 Å². The van der Waals surface area contributed by atoms with Crippen LogP contribution in [0.5, 0.6) is 11.5 Å². The third kappa shape index (κ3) is 10.5. The average Bonchev–Trinajstić information content (AvgIpc) is 2.92. The van der Waals surface area contributed by atoms with E-state index in [2.05, 4.69) is 21.3 Å². The van der Waals surface area contributed by atoms with Crippen LogP contribution in [0.25, 0.3) is 0 Å². The van der Waals surface area contributed by atoms with Crippen molar-refractivity contribution in [2.45, 2.75) is 20.0 Å². The summed E-state index contributed by atoms with van der Waals surface area (Å²) in [5, 5.41) is 31.3. The number of urea groups is 2. The maximum atomic E-state index is 12.6. The van der Waals surface area contributed by atoms with Crippen molar-refractivity contribution in [3.05, 3.63) is 93.0 Å². The molecule has 3 aromatic carbocycles. The number of nitro groups is 2. The monoisotopic (exact) mass is 728 g/mol. The molecule has 0 aliphatic rings. The first-order valence-electron chi connectivity index (χ1n) is 11.7. The molecule has 0 fully saturated rings. The van der Waals surface area contributed by atoms with Crippen LogP contribution in [-0.4, -0.2) is 41.9 Å². The molecule has 44 heavy (non-hydrogen) atoms. The highest BCUT2D eigenvalue weighted by molar-refractivity contribution is 6.68. The number of carbonyl (C=O) groups is 2. The topological polar surface area (TPSA) is 187 Å². The van der Waals surface area contributed by atoms with Gasteiger partial charge in [0.15, 0.2) is 11.5 Å². The van der Waals surface area contributed by atoms with Crippen molar-refractivity contribution in [2.24, 2.45) is 0 Å². The summed E-state index contributed by atoms with van der Waals surface area (Å²) in [6.45, 7) is 0. The Morgan fingerprint density at radius 3 is 1.32 bits per heavy atom. The van der Waals surface area contributed by atoms with Gasteiger partial charge in [-0.1, -0.05) is 93.9 Å². The summed E-state index contributed by atoms with van der Waals surface area (Å²) in [5.74, 6) is -0.306. The maximum Gasteiger partial charge on any atom is 0.322 e. The van der Waals surface area contributed by atoms with Crippen molar-refractivity contribution in [2.75, 3.05) is 10.6 Å². The minimum Gasteiger partial charge on any atom is -0.462 e. The van der Waals surface area contributed by atoms with Gasteiger partial charge < -0.3 is 20.1 Å². The van der Waals surface area contributed by atoms with Crippen LogP contribution in [0.15, 0.2) is 72.8 Å². The van der Waals surface area contributed by atoms with Crippen LogP contribution >= 0.6 is 69.6 Å². The number of halogens is 6. The second-order valence-corrected chi connectivity index (χ2v) is 13.1. The summed E-state index contributed by atoms with van der Waals surface area (Å²) in [6, 6.07) is 13.9. The Kier molecular flexibility index (Phi) is 11.8. The van der Waals surface area contributed by atoms with Crippen molar-refractivity contribution in [3.8, 4) is 11.5 Å². The first-order valence-corrected chi connectivity index (χ1v) is 14.0. The number of alkyl halides is 6. The molecule has 0 saturated heterocycles. The van der Waals surface area contributed by atoms with Gasteiger partial charge in [-0.2, -0.15) is 0 Å². The van der Waals surface area contributed by atoms with Crippen molar-refractivity contribution in [1.82, 2.24) is 10.6 Å². The second-order valence-electron chi connectivity index (χ2n) is 8.34. The van der Waals surface area contributed by atoms with Crippen LogP contribution in [0, 0.1) is 20.2 Å². The Morgan fingerprint density at radius 1 is 0.636 bits per heavy atom. The highest BCUT2D eigenvalue weighted by Crippen LogP contribution is 2.38. The molecule has 2 atom stereocenters. The minimum atomic E-state index is -2.28. The average molecular weight is 731 g/mol. The molecule has 0 aliphatic heterocycles. The zero-order valence-electron chi connectivity index (χ0n) is 21.5. The number of nitro benzene ring substituents is 2. The molecule has 0 aromatic heterocycles. The summed E-state index contributed by atoms with van der Waals surface area (Å²) >= 11 is 36.2. The third-order valence-corrected chi connectivity index (χ3v) is 6.28. The Morgan fingerprint density at radius 2 is 1.00 bits per heavy atom. The molecule has 20 heteroatoms. The van der Waals surface area contributed by atoms with Crippen LogP contribution < -0.4 is 30.7 Å². The molecule has 4 N–H and O–H groups in total. The fraction of sp³-hybridized carbons (Fsp3) is 0.167. The van der Waals surface area contributed by atoms with E-state index in [0.29, 0.717) is 0 Å². The number of non-ortho nitro benzene ring substituents is 2. The number of rotatable bonds is 10. The Labute approximate surface area is 278 Å². The van der Waals surface area contributed by atoms with Crippen LogP contribution in [-0.2, 0) is 0 Å². The lowest BCUT2D eigenvalue weighted by Crippen LogP contribution is -2.50. The highest BCUT2D eigenvalue weighted by atomic mass is 35.6. The quantitative estimate of drug-likeness (QED) is 0.0724. The molecule has 3 rings (SSSR count). The number of para-hydroxylation sites is 2. The van der Waals surface area contributed by atoms with E-state index in [1.54, 1.807) is 0 Å². The van der Waals surface area contributed by atoms with Crippen LogP contribution in [0.3, 0.4) is 0 Å². The fourth-order valence-electron chi connectivity index (χ4n) is 3.22. The number of carbonyl (C=O) groups excluding carboxylic acids is 2. The van der Waals surface area contributed by atoms with Gasteiger partial charge in [-0.15, -0.1) is 0 Å². The number of anilines is 2. The summed E-state index contributed by atoms with van der Waals surface area (Å²) in [4.78, 5) is 46.0. The molecular formula is C24H18Cl6N6O8. The Bertz CT molecular complexity index is 1420. The molecule has 0 heterocycles. The number of ether oxygens (including phenoxy) is 2. The molecule has 4 amide bonds. The van der Waals surface area contributed by atoms with Gasteiger partial charge in [-0.05, 0) is 24.3 Å². The van der Waals surface area contributed by atoms with E-state index in [0.717, 1.165) is 12.1 Å². The van der Waals surface area contributed by atoms with Gasteiger partial charge in [0, 0.05) is 35.6 Å². The van der Waals surface area contributed by atoms with Gasteiger partial charge in [-0.3, -0.25) is 30.9 Å². The normalized spacial score (nSPS) is 12.7. The molecule has 14 nitrogen and oxygen atoms in total. The van der Waals surface area contributed by atoms with E-state index in [-0.39, 0.29) is 34.2 Å². The van der Waals surface area contributed by atoms with Gasteiger partial charge in [0.05, 0.1) is 9.85 Å². The maximum absolute atomic E-state index is 12.6. The number of hydrogen-bond donors (Lipinski definition) is 4. The lowest BCUT2D eigenvalue weighted by molar-refractivity contribution is -0.385. The summed E-state index contributed by atoms with van der Waals surface area (Å²) in [7, 11) is 0. The summed E-state index contributed by atoms with van der Waals surface area (Å²) < 4.78 is 6.86. The molecule has 3 aromatic rings. The summed E-state index contributed by atoms with van der Waals surface area (Å²) in [5.41, 5.74) is -0.440. The molecular weight excluding hydrogens is 713 g/mol. The zero-order chi connectivity index (χ0) is 32.7. The number of amides is 4. The smallest absolute Gasteiger partial charge is 0.322 e. The SMILES string of the molecule is O=C(Nc1cccc([N+](=O)[O-])c1)NC(Oc1ccccc1OC(NC(=O)Nc1cccc([N+](=O)[O-])c1)C(Cl)(Cl)Cl)C(Cl)(Cl)Cl. The lowest BCUT2D eigenvalue weighted by Gasteiger charge is -2.29. The van der Waals surface area contributed by atoms with Gasteiger partial charge in [0.25, 0.3) is 11.4 Å². The van der Waals surface area contributed by atoms with Crippen molar-refractivity contribution in [3.63, 3.8) is 0 Å². The molecule has 0 spiro atoms. The second kappa shape index (κ2) is 14.9. The van der Waals surface area contributed by atoms with Gasteiger partial charge >= 0.3 is 12.1 Å². The van der Waals surface area contributed by atoms with Crippen molar-refractivity contribution in [1.29, 1.82) is 0 Å². The van der Waals surface area contributed by atoms with Crippen molar-refractivity contribution >= 4 is 104 Å². The Hall–Kier alpha value is -3.66. The summed E-state index contributed by atoms with van der Waals surface area (Å²) in [6.07, 6.45) is -3.38. The van der Waals surface area contributed by atoms with Gasteiger partial charge in [0.1, 0.15) is 0 Å².